The second-order valence-electron chi connectivity index (χ2n) is 6.82. The van der Waals surface area contributed by atoms with Crippen molar-refractivity contribution in [1.29, 1.82) is 0 Å². The molecule has 3 heteroatoms. The fourth-order valence-electron chi connectivity index (χ4n) is 2.90. The number of nitrogens with zero attached hydrogens (tertiary/aromatic N) is 1. The monoisotopic (exact) mass is 292 g/mol. The van der Waals surface area contributed by atoms with Crippen molar-refractivity contribution in [3.63, 3.8) is 0 Å². The van der Waals surface area contributed by atoms with Crippen LogP contribution in [0.1, 0.15) is 39.7 Å². The van der Waals surface area contributed by atoms with Crippen LogP contribution in [-0.4, -0.2) is 37.2 Å². The maximum absolute atomic E-state index is 6.11. The summed E-state index contributed by atoms with van der Waals surface area (Å²) in [7, 11) is 3.89. The fourth-order valence-corrected chi connectivity index (χ4v) is 2.90. The van der Waals surface area contributed by atoms with Gasteiger partial charge in [0.05, 0.1) is 7.11 Å². The van der Waals surface area contributed by atoms with Crippen LogP contribution in [0, 0.1) is 5.92 Å². The van der Waals surface area contributed by atoms with Crippen molar-refractivity contribution in [1.82, 2.24) is 4.90 Å². The standard InChI is InChI=1S/C18H32N2O/c1-14(2)11-15(3)20(5)18(4,13-19)12-16-7-9-17(21-6)10-8-16/h7-10,14-15H,11-13,19H2,1-6H3. The van der Waals surface area contributed by atoms with Gasteiger partial charge in [-0.2, -0.15) is 0 Å². The van der Waals surface area contributed by atoms with Gasteiger partial charge in [-0.1, -0.05) is 26.0 Å². The van der Waals surface area contributed by atoms with Gasteiger partial charge in [-0.05, 0) is 57.4 Å². The number of ether oxygens (including phenoxy) is 1. The van der Waals surface area contributed by atoms with E-state index in [-0.39, 0.29) is 5.54 Å². The third-order valence-electron chi connectivity index (χ3n) is 4.51. The topological polar surface area (TPSA) is 38.5 Å². The van der Waals surface area contributed by atoms with Gasteiger partial charge in [-0.3, -0.25) is 4.90 Å². The number of rotatable bonds is 8. The van der Waals surface area contributed by atoms with Gasteiger partial charge in [0, 0.05) is 18.1 Å². The number of nitrogens with two attached hydrogens (primary N) is 1. The van der Waals surface area contributed by atoms with E-state index >= 15 is 0 Å². The zero-order valence-corrected chi connectivity index (χ0v) is 14.5. The van der Waals surface area contributed by atoms with Crippen LogP contribution in [0.3, 0.4) is 0 Å². The van der Waals surface area contributed by atoms with Gasteiger partial charge in [-0.15, -0.1) is 0 Å². The molecule has 120 valence electrons. The molecular weight excluding hydrogens is 260 g/mol. The van der Waals surface area contributed by atoms with Crippen LogP contribution in [-0.2, 0) is 6.42 Å². The van der Waals surface area contributed by atoms with E-state index < -0.39 is 0 Å². The van der Waals surface area contributed by atoms with Crippen molar-refractivity contribution in [2.75, 3.05) is 20.7 Å². The molecule has 3 nitrogen and oxygen atoms in total. The van der Waals surface area contributed by atoms with Gasteiger partial charge < -0.3 is 10.5 Å². The lowest BCUT2D eigenvalue weighted by Crippen LogP contribution is -2.54. The van der Waals surface area contributed by atoms with Crippen LogP contribution < -0.4 is 10.5 Å². The Morgan fingerprint density at radius 3 is 2.19 bits per heavy atom. The van der Waals surface area contributed by atoms with E-state index in [4.69, 9.17) is 10.5 Å². The molecule has 0 saturated carbocycles. The molecule has 1 aromatic carbocycles. The Hall–Kier alpha value is -1.06. The Labute approximate surface area is 130 Å². The number of methoxy groups -OCH3 is 1. The molecule has 21 heavy (non-hydrogen) atoms. The Balaban J connectivity index is 2.82. The molecule has 0 saturated heterocycles. The summed E-state index contributed by atoms with van der Waals surface area (Å²) in [5.41, 5.74) is 7.39. The van der Waals surface area contributed by atoms with Gasteiger partial charge >= 0.3 is 0 Å². The third-order valence-corrected chi connectivity index (χ3v) is 4.51. The molecule has 0 bridgehead atoms. The predicted octanol–water partition coefficient (Wildman–Crippen LogP) is 3.32. The minimum Gasteiger partial charge on any atom is -0.497 e. The number of hydrogen-bond donors (Lipinski definition) is 1. The van der Waals surface area contributed by atoms with E-state index in [0.29, 0.717) is 18.5 Å². The van der Waals surface area contributed by atoms with Crippen LogP contribution in [0.15, 0.2) is 24.3 Å². The summed E-state index contributed by atoms with van der Waals surface area (Å²) in [6.45, 7) is 9.75. The average molecular weight is 292 g/mol. The zero-order chi connectivity index (χ0) is 16.0. The molecule has 0 amide bonds. The Morgan fingerprint density at radius 2 is 1.76 bits per heavy atom. The smallest absolute Gasteiger partial charge is 0.118 e. The summed E-state index contributed by atoms with van der Waals surface area (Å²) >= 11 is 0. The molecule has 1 aromatic rings. The molecule has 0 aromatic heterocycles. The number of hydrogen-bond acceptors (Lipinski definition) is 3. The summed E-state index contributed by atoms with van der Waals surface area (Å²) in [6.07, 6.45) is 2.14. The van der Waals surface area contributed by atoms with Gasteiger partial charge in [0.2, 0.25) is 0 Å². The van der Waals surface area contributed by atoms with Crippen LogP contribution >= 0.6 is 0 Å². The molecule has 0 aliphatic rings. The van der Waals surface area contributed by atoms with Crippen LogP contribution in [0.5, 0.6) is 5.75 Å². The summed E-state index contributed by atoms with van der Waals surface area (Å²) in [6, 6.07) is 8.83. The largest absolute Gasteiger partial charge is 0.497 e. The van der Waals surface area contributed by atoms with Gasteiger partial charge in [0.1, 0.15) is 5.75 Å². The molecule has 2 atom stereocenters. The lowest BCUT2D eigenvalue weighted by molar-refractivity contribution is 0.0889. The normalized spacial score (nSPS) is 16.0. The average Bonchev–Trinajstić information content (AvgIpc) is 2.46. The molecule has 1 rings (SSSR count). The van der Waals surface area contributed by atoms with Crippen molar-refractivity contribution < 1.29 is 4.74 Å². The Kier molecular flexibility index (Phi) is 6.69. The Morgan fingerprint density at radius 1 is 1.19 bits per heavy atom. The predicted molar refractivity (Wildman–Crippen MR) is 90.8 cm³/mol. The van der Waals surface area contributed by atoms with Gasteiger partial charge in [0.15, 0.2) is 0 Å². The van der Waals surface area contributed by atoms with E-state index in [0.717, 1.165) is 12.2 Å². The van der Waals surface area contributed by atoms with Crippen molar-refractivity contribution in [3.8, 4) is 5.75 Å². The fraction of sp³-hybridized carbons (Fsp3) is 0.667. The van der Waals surface area contributed by atoms with E-state index in [1.807, 2.05) is 12.1 Å². The minimum absolute atomic E-state index is 0.0249. The molecule has 2 N–H and O–H groups in total. The molecule has 0 fully saturated rings. The highest BCUT2D eigenvalue weighted by atomic mass is 16.5. The summed E-state index contributed by atoms with van der Waals surface area (Å²) in [5.74, 6) is 1.60. The van der Waals surface area contributed by atoms with Crippen LogP contribution in [0.4, 0.5) is 0 Å². The lowest BCUT2D eigenvalue weighted by atomic mass is 9.89. The number of benzene rings is 1. The molecule has 0 radical (unpaired) electrons. The maximum Gasteiger partial charge on any atom is 0.118 e. The van der Waals surface area contributed by atoms with Crippen molar-refractivity contribution in [3.05, 3.63) is 29.8 Å². The third kappa shape index (κ3) is 5.01. The summed E-state index contributed by atoms with van der Waals surface area (Å²) in [4.78, 5) is 2.44. The van der Waals surface area contributed by atoms with Crippen molar-refractivity contribution in [2.24, 2.45) is 11.7 Å². The summed E-state index contributed by atoms with van der Waals surface area (Å²) < 4.78 is 5.22. The number of likely N-dealkylation sites (N-methyl/N-ethyl adjacent to an activating group) is 1. The quantitative estimate of drug-likeness (QED) is 0.799. The molecule has 0 aliphatic heterocycles. The lowest BCUT2D eigenvalue weighted by Gasteiger charge is -2.42. The Bertz CT molecular complexity index is 416. The van der Waals surface area contributed by atoms with E-state index in [2.05, 4.69) is 51.8 Å². The molecule has 2 unspecified atom stereocenters. The van der Waals surface area contributed by atoms with Gasteiger partial charge in [0.25, 0.3) is 0 Å². The SMILES string of the molecule is COc1ccc(CC(C)(CN)N(C)C(C)CC(C)C)cc1. The first-order chi connectivity index (χ1) is 9.82. The van der Waals surface area contributed by atoms with Crippen molar-refractivity contribution >= 4 is 0 Å². The van der Waals surface area contributed by atoms with Crippen LogP contribution in [0.25, 0.3) is 0 Å². The summed E-state index contributed by atoms with van der Waals surface area (Å²) in [5, 5.41) is 0. The molecular formula is C18H32N2O. The second-order valence-corrected chi connectivity index (χ2v) is 6.82. The van der Waals surface area contributed by atoms with Crippen LogP contribution in [0.2, 0.25) is 0 Å². The first-order valence-corrected chi connectivity index (χ1v) is 7.88. The highest BCUT2D eigenvalue weighted by molar-refractivity contribution is 5.28. The maximum atomic E-state index is 6.11. The van der Waals surface area contributed by atoms with Gasteiger partial charge in [-0.25, -0.2) is 0 Å². The van der Waals surface area contributed by atoms with Crippen molar-refractivity contribution in [2.45, 2.75) is 52.1 Å². The van der Waals surface area contributed by atoms with E-state index in [1.165, 1.54) is 12.0 Å². The van der Waals surface area contributed by atoms with E-state index in [1.54, 1.807) is 7.11 Å². The first-order valence-electron chi connectivity index (χ1n) is 7.88. The molecule has 0 spiro atoms. The molecule has 0 heterocycles. The first kappa shape index (κ1) is 18.0. The zero-order valence-electron chi connectivity index (χ0n) is 14.5. The highest BCUT2D eigenvalue weighted by Gasteiger charge is 2.31. The highest BCUT2D eigenvalue weighted by Crippen LogP contribution is 2.24. The minimum atomic E-state index is -0.0249. The van der Waals surface area contributed by atoms with E-state index in [9.17, 15) is 0 Å². The molecule has 0 aliphatic carbocycles. The second kappa shape index (κ2) is 7.81.